The van der Waals surface area contributed by atoms with Crippen LogP contribution >= 0.6 is 11.8 Å². The summed E-state index contributed by atoms with van der Waals surface area (Å²) in [6.07, 6.45) is 1.89. The molecule has 6 nitrogen and oxygen atoms in total. The third-order valence-electron chi connectivity index (χ3n) is 4.60. The highest BCUT2D eigenvalue weighted by Crippen LogP contribution is 2.27. The molecule has 0 spiro atoms. The molecule has 3 rings (SSSR count). The third-order valence-corrected chi connectivity index (χ3v) is 7.79. The zero-order chi connectivity index (χ0) is 18.1. The molecule has 0 saturated carbocycles. The van der Waals surface area contributed by atoms with E-state index in [0.717, 1.165) is 17.7 Å². The lowest BCUT2D eigenvalue weighted by Crippen LogP contribution is -2.47. The van der Waals surface area contributed by atoms with Gasteiger partial charge in [-0.25, -0.2) is 8.42 Å². The van der Waals surface area contributed by atoms with E-state index in [4.69, 9.17) is 0 Å². The van der Waals surface area contributed by atoms with Gasteiger partial charge in [-0.3, -0.25) is 9.59 Å². The second-order valence-corrected chi connectivity index (χ2v) is 10.3. The van der Waals surface area contributed by atoms with E-state index in [0.29, 0.717) is 12.8 Å². The van der Waals surface area contributed by atoms with Gasteiger partial charge in [-0.05, 0) is 37.8 Å². The molecule has 2 amide bonds. The number of aryl methyl sites for hydroxylation is 1. The summed E-state index contributed by atoms with van der Waals surface area (Å²) in [5.74, 6) is -0.0727. The SMILES string of the molecule is C[C@@]1(NC(=O)CS[C@@H]2CCc3ccccc3NC2=O)CCS(=O)(=O)C1. The maximum atomic E-state index is 12.3. The Morgan fingerprint density at radius 3 is 2.88 bits per heavy atom. The molecule has 2 atom stereocenters. The van der Waals surface area contributed by atoms with Gasteiger partial charge in [0.05, 0.1) is 28.0 Å². The summed E-state index contributed by atoms with van der Waals surface area (Å²) in [5, 5.41) is 5.45. The van der Waals surface area contributed by atoms with Crippen LogP contribution in [0.25, 0.3) is 0 Å². The van der Waals surface area contributed by atoms with E-state index >= 15 is 0 Å². The highest BCUT2D eigenvalue weighted by Gasteiger charge is 2.39. The molecule has 0 radical (unpaired) electrons. The van der Waals surface area contributed by atoms with Crippen molar-refractivity contribution in [3.63, 3.8) is 0 Å². The molecule has 1 aromatic rings. The van der Waals surface area contributed by atoms with E-state index in [-0.39, 0.29) is 34.3 Å². The van der Waals surface area contributed by atoms with E-state index in [1.54, 1.807) is 6.92 Å². The van der Waals surface area contributed by atoms with Crippen molar-refractivity contribution in [2.75, 3.05) is 22.6 Å². The molecule has 0 unspecified atom stereocenters. The molecule has 1 fully saturated rings. The van der Waals surface area contributed by atoms with Crippen LogP contribution in [0.5, 0.6) is 0 Å². The number of thioether (sulfide) groups is 1. The van der Waals surface area contributed by atoms with Gasteiger partial charge in [-0.2, -0.15) is 0 Å². The van der Waals surface area contributed by atoms with Crippen molar-refractivity contribution in [3.05, 3.63) is 29.8 Å². The minimum atomic E-state index is -3.06. The Labute approximate surface area is 152 Å². The van der Waals surface area contributed by atoms with Crippen molar-refractivity contribution < 1.29 is 18.0 Å². The average Bonchev–Trinajstić information content (AvgIpc) is 2.71. The first-order chi connectivity index (χ1) is 11.8. The third kappa shape index (κ3) is 4.55. The predicted octanol–water partition coefficient (Wildman–Crippen LogP) is 1.37. The van der Waals surface area contributed by atoms with Crippen molar-refractivity contribution in [1.82, 2.24) is 5.32 Å². The zero-order valence-electron chi connectivity index (χ0n) is 14.1. The summed E-state index contributed by atoms with van der Waals surface area (Å²) in [5.41, 5.74) is 1.24. The monoisotopic (exact) mass is 382 g/mol. The van der Waals surface area contributed by atoms with Crippen LogP contribution in [-0.2, 0) is 25.8 Å². The van der Waals surface area contributed by atoms with Crippen LogP contribution in [0.4, 0.5) is 5.69 Å². The Morgan fingerprint density at radius 2 is 2.16 bits per heavy atom. The first-order valence-electron chi connectivity index (χ1n) is 8.28. The van der Waals surface area contributed by atoms with Crippen molar-refractivity contribution in [1.29, 1.82) is 0 Å². The van der Waals surface area contributed by atoms with Crippen molar-refractivity contribution in [3.8, 4) is 0 Å². The van der Waals surface area contributed by atoms with Crippen LogP contribution in [0, 0.1) is 0 Å². The van der Waals surface area contributed by atoms with Crippen LogP contribution in [0.1, 0.15) is 25.3 Å². The molecule has 2 heterocycles. The standard InChI is InChI=1S/C17H22N2O4S2/c1-17(8-9-25(22,23)11-17)19-15(20)10-24-14-7-6-12-4-2-3-5-13(12)18-16(14)21/h2-5,14H,6-11H2,1H3,(H,18,21)(H,19,20)/t14-,17-/m1/s1. The Morgan fingerprint density at radius 1 is 1.40 bits per heavy atom. The van der Waals surface area contributed by atoms with Crippen molar-refractivity contribution in [2.24, 2.45) is 0 Å². The molecule has 2 aliphatic heterocycles. The second kappa shape index (κ2) is 6.99. The molecule has 2 N–H and O–H groups in total. The molecule has 25 heavy (non-hydrogen) atoms. The van der Waals surface area contributed by atoms with Gasteiger partial charge >= 0.3 is 0 Å². The minimum Gasteiger partial charge on any atom is -0.349 e. The lowest BCUT2D eigenvalue weighted by molar-refractivity contribution is -0.120. The number of rotatable bonds is 4. The number of amides is 2. The van der Waals surface area contributed by atoms with Crippen LogP contribution in [-0.4, -0.2) is 48.3 Å². The number of anilines is 1. The number of nitrogens with one attached hydrogen (secondary N) is 2. The van der Waals surface area contributed by atoms with Gasteiger partial charge in [0, 0.05) is 5.69 Å². The lowest BCUT2D eigenvalue weighted by Gasteiger charge is -2.24. The molecular weight excluding hydrogens is 360 g/mol. The van der Waals surface area contributed by atoms with Gasteiger partial charge in [-0.15, -0.1) is 11.8 Å². The highest BCUT2D eigenvalue weighted by atomic mass is 32.2. The maximum absolute atomic E-state index is 12.3. The van der Waals surface area contributed by atoms with Crippen molar-refractivity contribution >= 4 is 39.1 Å². The Bertz CT molecular complexity index is 794. The van der Waals surface area contributed by atoms with Gasteiger partial charge in [0.2, 0.25) is 11.8 Å². The number of carbonyl (C=O) groups excluding carboxylic acids is 2. The van der Waals surface area contributed by atoms with Gasteiger partial charge in [0.15, 0.2) is 9.84 Å². The number of fused-ring (bicyclic) bond motifs is 1. The first kappa shape index (κ1) is 18.3. The van der Waals surface area contributed by atoms with E-state index in [1.807, 2.05) is 24.3 Å². The molecule has 2 aliphatic rings. The van der Waals surface area contributed by atoms with Gasteiger partial charge in [0.1, 0.15) is 0 Å². The number of sulfone groups is 1. The smallest absolute Gasteiger partial charge is 0.237 e. The van der Waals surface area contributed by atoms with Crippen LogP contribution < -0.4 is 10.6 Å². The first-order valence-corrected chi connectivity index (χ1v) is 11.2. The van der Waals surface area contributed by atoms with Crippen molar-refractivity contribution in [2.45, 2.75) is 37.0 Å². The zero-order valence-corrected chi connectivity index (χ0v) is 15.7. The molecule has 0 aliphatic carbocycles. The van der Waals surface area contributed by atoms with Gasteiger partial charge in [-0.1, -0.05) is 18.2 Å². The summed E-state index contributed by atoms with van der Waals surface area (Å²) in [4.78, 5) is 24.5. The summed E-state index contributed by atoms with van der Waals surface area (Å²) in [7, 11) is -3.06. The predicted molar refractivity (Wildman–Crippen MR) is 99.5 cm³/mol. The highest BCUT2D eigenvalue weighted by molar-refractivity contribution is 8.01. The molecule has 136 valence electrons. The van der Waals surface area contributed by atoms with E-state index in [2.05, 4.69) is 10.6 Å². The molecule has 1 aromatic carbocycles. The Balaban J connectivity index is 1.53. The maximum Gasteiger partial charge on any atom is 0.237 e. The lowest BCUT2D eigenvalue weighted by atomic mass is 10.0. The summed E-state index contributed by atoms with van der Waals surface area (Å²) in [6.45, 7) is 1.76. The topological polar surface area (TPSA) is 92.3 Å². The van der Waals surface area contributed by atoms with E-state index < -0.39 is 15.4 Å². The van der Waals surface area contributed by atoms with Crippen LogP contribution in [0.15, 0.2) is 24.3 Å². The number of hydrogen-bond donors (Lipinski definition) is 2. The fourth-order valence-electron chi connectivity index (χ4n) is 3.31. The molecular formula is C17H22N2O4S2. The van der Waals surface area contributed by atoms with E-state index in [9.17, 15) is 18.0 Å². The van der Waals surface area contributed by atoms with E-state index in [1.165, 1.54) is 11.8 Å². The molecule has 0 bridgehead atoms. The van der Waals surface area contributed by atoms with Crippen LogP contribution in [0.3, 0.4) is 0 Å². The molecule has 8 heteroatoms. The number of carbonyl (C=O) groups is 2. The summed E-state index contributed by atoms with van der Waals surface area (Å²) >= 11 is 1.31. The second-order valence-electron chi connectivity index (χ2n) is 6.94. The largest absolute Gasteiger partial charge is 0.349 e. The average molecular weight is 383 g/mol. The molecule has 0 aromatic heterocycles. The fraction of sp³-hybridized carbons (Fsp3) is 0.529. The van der Waals surface area contributed by atoms with Crippen LogP contribution in [0.2, 0.25) is 0 Å². The summed E-state index contributed by atoms with van der Waals surface area (Å²) < 4.78 is 23.2. The number of para-hydroxylation sites is 1. The molecule has 1 saturated heterocycles. The number of benzene rings is 1. The Hall–Kier alpha value is -1.54. The van der Waals surface area contributed by atoms with Gasteiger partial charge in [0.25, 0.3) is 0 Å². The fourth-order valence-corrected chi connectivity index (χ4v) is 6.32. The van der Waals surface area contributed by atoms with Gasteiger partial charge < -0.3 is 10.6 Å². The number of hydrogen-bond acceptors (Lipinski definition) is 5. The Kier molecular flexibility index (Phi) is 5.11. The minimum absolute atomic E-state index is 0.0182. The quantitative estimate of drug-likeness (QED) is 0.820. The summed E-state index contributed by atoms with van der Waals surface area (Å²) in [6, 6.07) is 7.71. The normalized spacial score (nSPS) is 27.9.